The third kappa shape index (κ3) is 5.23. The van der Waals surface area contributed by atoms with Gasteiger partial charge in [-0.2, -0.15) is 0 Å². The van der Waals surface area contributed by atoms with Crippen LogP contribution >= 0.6 is 11.3 Å². The Labute approximate surface area is 187 Å². The molecule has 0 unspecified atom stereocenters. The van der Waals surface area contributed by atoms with Crippen LogP contribution in [0.15, 0.2) is 47.4 Å². The van der Waals surface area contributed by atoms with Crippen molar-refractivity contribution in [1.29, 1.82) is 0 Å². The molecule has 0 radical (unpaired) electrons. The predicted molar refractivity (Wildman–Crippen MR) is 125 cm³/mol. The second kappa shape index (κ2) is 9.76. The molecule has 1 heterocycles. The Hall–Kier alpha value is -2.49. The third-order valence-electron chi connectivity index (χ3n) is 5.10. The minimum Gasteiger partial charge on any atom is -0.497 e. The average molecular weight is 462 g/mol. The van der Waals surface area contributed by atoms with E-state index in [1.165, 1.54) is 17.6 Å². The molecule has 31 heavy (non-hydrogen) atoms. The number of hydrogen-bond donors (Lipinski definition) is 0. The Morgan fingerprint density at radius 2 is 1.81 bits per heavy atom. The highest BCUT2D eigenvalue weighted by Gasteiger charge is 2.24. The highest BCUT2D eigenvalue weighted by Crippen LogP contribution is 2.33. The highest BCUT2D eigenvalue weighted by atomic mass is 32.2. The first-order valence-electron chi connectivity index (χ1n) is 10.1. The number of carbonyl (C=O) groups is 1. The van der Waals surface area contributed by atoms with E-state index in [2.05, 4.69) is 23.7 Å². The summed E-state index contributed by atoms with van der Waals surface area (Å²) in [5.74, 6) is 0.393. The number of likely N-dealkylation sites (N-methyl/N-ethyl adjacent to an activating group) is 1. The second-order valence-electron chi connectivity index (χ2n) is 7.09. The largest absolute Gasteiger partial charge is 0.497 e. The van der Waals surface area contributed by atoms with Gasteiger partial charge in [-0.15, -0.1) is 0 Å². The quantitative estimate of drug-likeness (QED) is 0.483. The molecular formula is C22H27N3O4S2. The van der Waals surface area contributed by atoms with E-state index in [0.717, 1.165) is 17.8 Å². The lowest BCUT2D eigenvalue weighted by Crippen LogP contribution is -2.38. The van der Waals surface area contributed by atoms with E-state index in [4.69, 9.17) is 4.74 Å². The maximum absolute atomic E-state index is 13.5. The molecule has 2 aromatic carbocycles. The number of hydrogen-bond acceptors (Lipinski definition) is 7. The number of thiazole rings is 1. The van der Waals surface area contributed by atoms with Crippen LogP contribution in [-0.2, 0) is 9.84 Å². The van der Waals surface area contributed by atoms with E-state index in [-0.39, 0.29) is 10.8 Å². The van der Waals surface area contributed by atoms with E-state index in [1.807, 2.05) is 6.07 Å². The summed E-state index contributed by atoms with van der Waals surface area (Å²) in [6, 6.07) is 12.1. The standard InChI is InChI=1S/C22H27N3O4S2/c1-5-24(6-2)13-14-25(21(26)16-9-7-10-17(15-16)29-3)22-23-20-18(30-22)11-8-12-19(20)31(4,27)28/h7-12,15H,5-6,13-14H2,1-4H3. The van der Waals surface area contributed by atoms with Gasteiger partial charge in [0.05, 0.1) is 16.7 Å². The van der Waals surface area contributed by atoms with Crippen LogP contribution in [0.2, 0.25) is 0 Å². The Bertz CT molecular complexity index is 1170. The first-order chi connectivity index (χ1) is 14.8. The molecule has 3 rings (SSSR count). The number of rotatable bonds is 9. The van der Waals surface area contributed by atoms with Crippen molar-refractivity contribution in [3.63, 3.8) is 0 Å². The summed E-state index contributed by atoms with van der Waals surface area (Å²) in [7, 11) is -1.88. The zero-order valence-electron chi connectivity index (χ0n) is 18.2. The number of amides is 1. The van der Waals surface area contributed by atoms with Crippen molar-refractivity contribution in [1.82, 2.24) is 9.88 Å². The molecule has 0 aliphatic carbocycles. The molecule has 0 aliphatic heterocycles. The van der Waals surface area contributed by atoms with Crippen molar-refractivity contribution in [2.45, 2.75) is 18.7 Å². The second-order valence-corrected chi connectivity index (χ2v) is 10.1. The van der Waals surface area contributed by atoms with Gasteiger partial charge in [0.25, 0.3) is 5.91 Å². The number of ether oxygens (including phenoxy) is 1. The monoisotopic (exact) mass is 461 g/mol. The molecule has 3 aromatic rings. The van der Waals surface area contributed by atoms with Gasteiger partial charge in [-0.1, -0.05) is 37.3 Å². The van der Waals surface area contributed by atoms with Gasteiger partial charge in [0.15, 0.2) is 15.0 Å². The van der Waals surface area contributed by atoms with Crippen LogP contribution in [0, 0.1) is 0 Å². The normalized spacial score (nSPS) is 11.8. The lowest BCUT2D eigenvalue weighted by molar-refractivity contribution is 0.0983. The third-order valence-corrected chi connectivity index (χ3v) is 7.27. The average Bonchev–Trinajstić information content (AvgIpc) is 3.19. The number of aromatic nitrogens is 1. The van der Waals surface area contributed by atoms with Crippen molar-refractivity contribution in [2.75, 3.05) is 44.4 Å². The minimum atomic E-state index is -3.44. The van der Waals surface area contributed by atoms with Gasteiger partial charge in [-0.25, -0.2) is 13.4 Å². The summed E-state index contributed by atoms with van der Waals surface area (Å²) in [5, 5.41) is 0.478. The van der Waals surface area contributed by atoms with Crippen molar-refractivity contribution in [3.05, 3.63) is 48.0 Å². The van der Waals surface area contributed by atoms with Crippen LogP contribution in [0.1, 0.15) is 24.2 Å². The maximum Gasteiger partial charge on any atom is 0.260 e. The van der Waals surface area contributed by atoms with E-state index in [9.17, 15) is 13.2 Å². The number of carbonyl (C=O) groups excluding carboxylic acids is 1. The first kappa shape index (κ1) is 23.2. The van der Waals surface area contributed by atoms with Gasteiger partial charge in [0.1, 0.15) is 11.3 Å². The SMILES string of the molecule is CCN(CC)CCN(C(=O)c1cccc(OC)c1)c1nc2c(S(C)(=O)=O)cccc2s1. The van der Waals surface area contributed by atoms with Crippen LogP contribution in [-0.4, -0.2) is 63.8 Å². The molecule has 1 aromatic heterocycles. The predicted octanol–water partition coefficient (Wildman–Crippen LogP) is 3.70. The van der Waals surface area contributed by atoms with Crippen molar-refractivity contribution < 1.29 is 17.9 Å². The fourth-order valence-electron chi connectivity index (χ4n) is 3.30. The Balaban J connectivity index is 2.06. The fourth-order valence-corrected chi connectivity index (χ4v) is 5.22. The van der Waals surface area contributed by atoms with Crippen LogP contribution in [0.3, 0.4) is 0 Å². The Morgan fingerprint density at radius 3 is 2.45 bits per heavy atom. The Morgan fingerprint density at radius 1 is 1.10 bits per heavy atom. The topological polar surface area (TPSA) is 79.8 Å². The number of fused-ring (bicyclic) bond motifs is 1. The molecule has 0 saturated carbocycles. The molecule has 7 nitrogen and oxygen atoms in total. The highest BCUT2D eigenvalue weighted by molar-refractivity contribution is 7.91. The van der Waals surface area contributed by atoms with Gasteiger partial charge >= 0.3 is 0 Å². The molecule has 0 spiro atoms. The first-order valence-corrected chi connectivity index (χ1v) is 12.8. The van der Waals surface area contributed by atoms with Gasteiger partial charge in [-0.3, -0.25) is 9.69 Å². The van der Waals surface area contributed by atoms with Gasteiger partial charge < -0.3 is 9.64 Å². The molecule has 0 aliphatic rings. The molecule has 0 atom stereocenters. The number of methoxy groups -OCH3 is 1. The zero-order chi connectivity index (χ0) is 22.6. The summed E-state index contributed by atoms with van der Waals surface area (Å²) < 4.78 is 30.4. The molecule has 0 N–H and O–H groups in total. The van der Waals surface area contributed by atoms with Crippen LogP contribution < -0.4 is 9.64 Å². The summed E-state index contributed by atoms with van der Waals surface area (Å²) >= 11 is 1.32. The maximum atomic E-state index is 13.5. The van der Waals surface area contributed by atoms with Crippen LogP contribution in [0.25, 0.3) is 10.2 Å². The van der Waals surface area contributed by atoms with Crippen molar-refractivity contribution in [2.24, 2.45) is 0 Å². The zero-order valence-corrected chi connectivity index (χ0v) is 19.8. The summed E-state index contributed by atoms with van der Waals surface area (Å²) in [5.41, 5.74) is 0.887. The summed E-state index contributed by atoms with van der Waals surface area (Å²) in [6.45, 7) is 7.01. The number of para-hydroxylation sites is 1. The number of sulfone groups is 1. The smallest absolute Gasteiger partial charge is 0.260 e. The van der Waals surface area contributed by atoms with Crippen molar-refractivity contribution >= 4 is 42.4 Å². The molecule has 9 heteroatoms. The van der Waals surface area contributed by atoms with Crippen LogP contribution in [0.4, 0.5) is 5.13 Å². The molecular weight excluding hydrogens is 434 g/mol. The lowest BCUT2D eigenvalue weighted by atomic mass is 10.2. The number of benzene rings is 2. The Kier molecular flexibility index (Phi) is 7.30. The number of nitrogens with zero attached hydrogens (tertiary/aromatic N) is 3. The minimum absolute atomic E-state index is 0.171. The fraction of sp³-hybridized carbons (Fsp3) is 0.364. The lowest BCUT2D eigenvalue weighted by Gasteiger charge is -2.24. The van der Waals surface area contributed by atoms with Gasteiger partial charge in [0, 0.05) is 24.9 Å². The molecule has 166 valence electrons. The van der Waals surface area contributed by atoms with Gasteiger partial charge in [-0.05, 0) is 43.4 Å². The van der Waals surface area contributed by atoms with E-state index in [0.29, 0.717) is 35.1 Å². The van der Waals surface area contributed by atoms with Crippen LogP contribution in [0.5, 0.6) is 5.75 Å². The summed E-state index contributed by atoms with van der Waals surface area (Å²) in [4.78, 5) is 22.1. The number of anilines is 1. The molecule has 0 bridgehead atoms. The molecule has 0 fully saturated rings. The van der Waals surface area contributed by atoms with Gasteiger partial charge in [0.2, 0.25) is 0 Å². The van der Waals surface area contributed by atoms with E-state index in [1.54, 1.807) is 48.4 Å². The molecule has 1 amide bonds. The van der Waals surface area contributed by atoms with E-state index >= 15 is 0 Å². The molecule has 0 saturated heterocycles. The van der Waals surface area contributed by atoms with Crippen molar-refractivity contribution in [3.8, 4) is 5.75 Å². The van der Waals surface area contributed by atoms with E-state index < -0.39 is 9.84 Å². The summed E-state index contributed by atoms with van der Waals surface area (Å²) in [6.07, 6.45) is 1.17.